The first-order chi connectivity index (χ1) is 15.0. The summed E-state index contributed by atoms with van der Waals surface area (Å²) < 4.78 is 30.2. The average molecular weight is 419 g/mol. The van der Waals surface area contributed by atoms with E-state index in [1.54, 1.807) is 24.3 Å². The van der Waals surface area contributed by atoms with Gasteiger partial charge in [0.1, 0.15) is 29.2 Å². The van der Waals surface area contributed by atoms with Crippen molar-refractivity contribution in [1.82, 2.24) is 0 Å². The molecular weight excluding hydrogens is 401 g/mol. The number of amides is 1. The number of fused-ring (bicyclic) bond motifs is 1. The second kappa shape index (κ2) is 8.71. The maximum absolute atomic E-state index is 13.6. The summed E-state index contributed by atoms with van der Waals surface area (Å²) in [6, 6.07) is 17.7. The number of ether oxygens (including phenoxy) is 2. The van der Waals surface area contributed by atoms with E-state index in [4.69, 9.17) is 13.9 Å². The van der Waals surface area contributed by atoms with Crippen molar-refractivity contribution in [1.29, 1.82) is 0 Å². The third kappa shape index (κ3) is 4.72. The topological polar surface area (TPSA) is 77.8 Å². The molecule has 6 nitrogen and oxygen atoms in total. The van der Waals surface area contributed by atoms with Crippen LogP contribution in [-0.4, -0.2) is 12.5 Å². The summed E-state index contributed by atoms with van der Waals surface area (Å²) in [6.45, 7) is 1.62. The minimum Gasteiger partial charge on any atom is -0.484 e. The minimum absolute atomic E-state index is 0.0642. The van der Waals surface area contributed by atoms with Gasteiger partial charge in [-0.1, -0.05) is 29.8 Å². The summed E-state index contributed by atoms with van der Waals surface area (Å²) in [5.74, 6) is -0.139. The molecule has 0 aliphatic rings. The normalized spacial score (nSPS) is 10.6. The second-order valence-electron chi connectivity index (χ2n) is 6.82. The van der Waals surface area contributed by atoms with Gasteiger partial charge in [-0.25, -0.2) is 4.39 Å². The molecule has 4 rings (SSSR count). The first-order valence-electron chi connectivity index (χ1n) is 9.47. The van der Waals surface area contributed by atoms with Crippen molar-refractivity contribution >= 4 is 22.6 Å². The molecule has 7 heteroatoms. The molecule has 0 radical (unpaired) electrons. The van der Waals surface area contributed by atoms with Gasteiger partial charge in [-0.05, 0) is 43.3 Å². The minimum atomic E-state index is -0.535. The summed E-state index contributed by atoms with van der Waals surface area (Å²) in [6.07, 6.45) is 1.24. The highest BCUT2D eigenvalue weighted by Crippen LogP contribution is 2.24. The number of aryl methyl sites for hydroxylation is 1. The zero-order valence-corrected chi connectivity index (χ0v) is 16.6. The smallest absolute Gasteiger partial charge is 0.262 e. The lowest BCUT2D eigenvalue weighted by Gasteiger charge is -2.09. The van der Waals surface area contributed by atoms with Crippen LogP contribution in [0, 0.1) is 12.7 Å². The Balaban J connectivity index is 1.45. The molecule has 0 spiro atoms. The molecule has 0 fully saturated rings. The van der Waals surface area contributed by atoms with Gasteiger partial charge in [0.15, 0.2) is 6.61 Å². The number of benzene rings is 3. The van der Waals surface area contributed by atoms with Crippen molar-refractivity contribution < 1.29 is 23.1 Å². The Labute approximate surface area is 176 Å². The van der Waals surface area contributed by atoms with E-state index < -0.39 is 11.7 Å². The largest absolute Gasteiger partial charge is 0.484 e. The Kier molecular flexibility index (Phi) is 5.66. The summed E-state index contributed by atoms with van der Waals surface area (Å²) in [5, 5.41) is 2.74. The van der Waals surface area contributed by atoms with Crippen LogP contribution in [0.1, 0.15) is 5.56 Å². The number of para-hydroxylation sites is 1. The maximum Gasteiger partial charge on any atom is 0.262 e. The van der Waals surface area contributed by atoms with Crippen molar-refractivity contribution in [3.05, 3.63) is 94.6 Å². The van der Waals surface area contributed by atoms with Gasteiger partial charge in [0.2, 0.25) is 11.2 Å². The van der Waals surface area contributed by atoms with E-state index in [1.807, 2.05) is 19.1 Å². The average Bonchev–Trinajstić information content (AvgIpc) is 2.77. The van der Waals surface area contributed by atoms with Crippen molar-refractivity contribution in [3.63, 3.8) is 0 Å². The molecular formula is C24H18FNO5. The van der Waals surface area contributed by atoms with Crippen molar-refractivity contribution in [2.45, 2.75) is 6.92 Å². The molecule has 0 unspecified atom stereocenters. The van der Waals surface area contributed by atoms with E-state index in [0.717, 1.165) is 5.56 Å². The van der Waals surface area contributed by atoms with Crippen molar-refractivity contribution in [3.8, 4) is 17.2 Å². The molecule has 0 aliphatic carbocycles. The first kappa shape index (κ1) is 20.2. The number of anilines is 1. The Bertz CT molecular complexity index is 1300. The van der Waals surface area contributed by atoms with E-state index in [1.165, 1.54) is 36.6 Å². The van der Waals surface area contributed by atoms with Crippen LogP contribution in [0.4, 0.5) is 10.1 Å². The number of hydrogen-bond donors (Lipinski definition) is 1. The molecule has 1 aromatic heterocycles. The Morgan fingerprint density at radius 1 is 1.03 bits per heavy atom. The fourth-order valence-electron chi connectivity index (χ4n) is 2.88. The highest BCUT2D eigenvalue weighted by Gasteiger charge is 2.12. The zero-order chi connectivity index (χ0) is 21.8. The van der Waals surface area contributed by atoms with Gasteiger partial charge in [-0.2, -0.15) is 0 Å². The SMILES string of the molecule is Cc1ccc(Oc2coc3cc(OCC(=O)Nc4ccccc4F)ccc3c2=O)cc1. The van der Waals surface area contributed by atoms with Crippen molar-refractivity contribution in [2.24, 2.45) is 0 Å². The molecule has 0 saturated carbocycles. The third-order valence-corrected chi connectivity index (χ3v) is 4.48. The van der Waals surface area contributed by atoms with Crippen molar-refractivity contribution in [2.75, 3.05) is 11.9 Å². The predicted molar refractivity (Wildman–Crippen MR) is 114 cm³/mol. The first-order valence-corrected chi connectivity index (χ1v) is 9.47. The number of carbonyl (C=O) groups is 1. The van der Waals surface area contributed by atoms with E-state index in [-0.39, 0.29) is 29.1 Å². The standard InChI is InChI=1S/C24H18FNO5/c1-15-6-8-16(9-7-15)31-22-13-30-21-12-17(10-11-18(21)24(22)28)29-14-23(27)26-20-5-3-2-4-19(20)25/h2-13H,14H2,1H3,(H,26,27). The Hall–Kier alpha value is -4.13. The number of carbonyl (C=O) groups excluding carboxylic acids is 1. The molecule has 0 bridgehead atoms. The molecule has 0 aliphatic heterocycles. The van der Waals surface area contributed by atoms with E-state index in [2.05, 4.69) is 5.32 Å². The molecule has 156 valence electrons. The van der Waals surface area contributed by atoms with Gasteiger partial charge in [-0.3, -0.25) is 9.59 Å². The highest BCUT2D eigenvalue weighted by atomic mass is 19.1. The molecule has 1 N–H and O–H groups in total. The fraction of sp³-hybridized carbons (Fsp3) is 0.0833. The van der Waals surface area contributed by atoms with Crippen LogP contribution >= 0.6 is 0 Å². The Morgan fingerprint density at radius 3 is 2.55 bits per heavy atom. The highest BCUT2D eigenvalue weighted by molar-refractivity contribution is 5.92. The van der Waals surface area contributed by atoms with Crippen LogP contribution in [0.2, 0.25) is 0 Å². The lowest BCUT2D eigenvalue weighted by molar-refractivity contribution is -0.118. The van der Waals surface area contributed by atoms with Crippen LogP contribution in [0.15, 0.2) is 82.2 Å². The monoisotopic (exact) mass is 419 g/mol. The van der Waals surface area contributed by atoms with Crippen LogP contribution in [0.3, 0.4) is 0 Å². The lowest BCUT2D eigenvalue weighted by atomic mass is 10.2. The predicted octanol–water partition coefficient (Wildman–Crippen LogP) is 5.05. The van der Waals surface area contributed by atoms with E-state index in [0.29, 0.717) is 16.9 Å². The van der Waals surface area contributed by atoms with Gasteiger partial charge in [-0.15, -0.1) is 0 Å². The zero-order valence-electron chi connectivity index (χ0n) is 16.6. The molecule has 1 amide bonds. The molecule has 3 aromatic carbocycles. The molecule has 31 heavy (non-hydrogen) atoms. The molecule has 4 aromatic rings. The van der Waals surface area contributed by atoms with Crippen LogP contribution < -0.4 is 20.2 Å². The van der Waals surface area contributed by atoms with Gasteiger partial charge in [0.05, 0.1) is 11.1 Å². The number of halogens is 1. The van der Waals surface area contributed by atoms with Gasteiger partial charge in [0.25, 0.3) is 5.91 Å². The number of hydrogen-bond acceptors (Lipinski definition) is 5. The van der Waals surface area contributed by atoms with Gasteiger partial charge >= 0.3 is 0 Å². The quantitative estimate of drug-likeness (QED) is 0.473. The van der Waals surface area contributed by atoms with Crippen LogP contribution in [0.5, 0.6) is 17.2 Å². The maximum atomic E-state index is 13.6. The third-order valence-electron chi connectivity index (χ3n) is 4.48. The fourth-order valence-corrected chi connectivity index (χ4v) is 2.88. The summed E-state index contributed by atoms with van der Waals surface area (Å²) in [5.41, 5.74) is 1.11. The van der Waals surface area contributed by atoms with Gasteiger partial charge < -0.3 is 19.2 Å². The number of nitrogens with one attached hydrogen (secondary N) is 1. The van der Waals surface area contributed by atoms with Crippen LogP contribution in [-0.2, 0) is 4.79 Å². The lowest BCUT2D eigenvalue weighted by Crippen LogP contribution is -2.20. The summed E-state index contributed by atoms with van der Waals surface area (Å²) in [7, 11) is 0. The van der Waals surface area contributed by atoms with Gasteiger partial charge in [0, 0.05) is 6.07 Å². The van der Waals surface area contributed by atoms with Crippen LogP contribution in [0.25, 0.3) is 11.0 Å². The van der Waals surface area contributed by atoms with E-state index >= 15 is 0 Å². The Morgan fingerprint density at radius 2 is 1.77 bits per heavy atom. The molecule has 1 heterocycles. The second-order valence-corrected chi connectivity index (χ2v) is 6.82. The summed E-state index contributed by atoms with van der Waals surface area (Å²) in [4.78, 5) is 24.7. The summed E-state index contributed by atoms with van der Waals surface area (Å²) >= 11 is 0. The molecule has 0 atom stereocenters. The number of rotatable bonds is 6. The van der Waals surface area contributed by atoms with E-state index in [9.17, 15) is 14.0 Å². The molecule has 0 saturated heterocycles.